The molecule has 3 rings (SSSR count). The molecule has 1 heterocycles. The fourth-order valence-electron chi connectivity index (χ4n) is 3.15. The Morgan fingerprint density at radius 3 is 2.38 bits per heavy atom. The van der Waals surface area contributed by atoms with Crippen molar-refractivity contribution < 1.29 is 18.1 Å². The molecular formula is C20H27N2O3S+. The highest BCUT2D eigenvalue weighted by atomic mass is 32.2. The van der Waals surface area contributed by atoms with Crippen LogP contribution in [0.5, 0.6) is 0 Å². The lowest BCUT2D eigenvalue weighted by atomic mass is 10.1. The van der Waals surface area contributed by atoms with Gasteiger partial charge in [0.15, 0.2) is 0 Å². The molecule has 0 aliphatic carbocycles. The van der Waals surface area contributed by atoms with Crippen LogP contribution in [-0.4, -0.2) is 34.7 Å². The first-order valence-corrected chi connectivity index (χ1v) is 10.5. The molecule has 0 saturated carbocycles. The zero-order valence-corrected chi connectivity index (χ0v) is 16.2. The zero-order chi connectivity index (χ0) is 18.6. The Bertz CT molecular complexity index is 859. The molecule has 0 atom stereocenters. The molecule has 2 N–H and O–H groups in total. The van der Waals surface area contributed by atoms with Gasteiger partial charge in [0.25, 0.3) is 0 Å². The van der Waals surface area contributed by atoms with Crippen molar-refractivity contribution in [1.82, 2.24) is 4.72 Å². The van der Waals surface area contributed by atoms with Gasteiger partial charge in [-0.05, 0) is 42.7 Å². The van der Waals surface area contributed by atoms with E-state index in [1.54, 1.807) is 12.1 Å². The van der Waals surface area contributed by atoms with Gasteiger partial charge in [-0.1, -0.05) is 30.3 Å². The van der Waals surface area contributed by atoms with Gasteiger partial charge in [-0.15, -0.1) is 0 Å². The van der Waals surface area contributed by atoms with Gasteiger partial charge in [-0.2, -0.15) is 0 Å². The number of sulfonamides is 1. The van der Waals surface area contributed by atoms with E-state index in [1.165, 1.54) is 10.5 Å². The maximum absolute atomic E-state index is 12.6. The molecule has 0 amide bonds. The summed E-state index contributed by atoms with van der Waals surface area (Å²) < 4.78 is 33.4. The molecule has 6 heteroatoms. The smallest absolute Gasteiger partial charge is 0.240 e. The number of hydrogen-bond acceptors (Lipinski definition) is 3. The van der Waals surface area contributed by atoms with Crippen molar-refractivity contribution in [3.8, 4) is 0 Å². The monoisotopic (exact) mass is 375 g/mol. The van der Waals surface area contributed by atoms with E-state index >= 15 is 0 Å². The Morgan fingerprint density at radius 1 is 1.00 bits per heavy atom. The van der Waals surface area contributed by atoms with Crippen molar-refractivity contribution in [3.05, 3.63) is 64.7 Å². The molecular weight excluding hydrogens is 348 g/mol. The molecule has 1 aliphatic heterocycles. The van der Waals surface area contributed by atoms with Gasteiger partial charge >= 0.3 is 0 Å². The molecule has 2 aromatic carbocycles. The van der Waals surface area contributed by atoms with Crippen LogP contribution in [0.15, 0.2) is 47.4 Å². The SMILES string of the molecule is Cc1ccc(S(=O)(=O)NCc2ccccc2C[NH+]2CCOCC2)cc1C. The fraction of sp³-hybridized carbons (Fsp3) is 0.400. The van der Waals surface area contributed by atoms with Crippen molar-refractivity contribution in [2.75, 3.05) is 26.3 Å². The van der Waals surface area contributed by atoms with Gasteiger partial charge in [-0.3, -0.25) is 0 Å². The highest BCUT2D eigenvalue weighted by molar-refractivity contribution is 7.89. The lowest BCUT2D eigenvalue weighted by Gasteiger charge is -2.24. The zero-order valence-electron chi connectivity index (χ0n) is 15.4. The van der Waals surface area contributed by atoms with Crippen molar-refractivity contribution in [3.63, 3.8) is 0 Å². The van der Waals surface area contributed by atoms with E-state index < -0.39 is 10.0 Å². The maximum atomic E-state index is 12.6. The van der Waals surface area contributed by atoms with Crippen molar-refractivity contribution in [2.24, 2.45) is 0 Å². The van der Waals surface area contributed by atoms with Crippen LogP contribution in [-0.2, 0) is 27.8 Å². The number of aryl methyl sites for hydroxylation is 2. The summed E-state index contributed by atoms with van der Waals surface area (Å²) in [6, 6.07) is 13.3. The Kier molecular flexibility index (Phi) is 6.09. The molecule has 26 heavy (non-hydrogen) atoms. The second-order valence-corrected chi connectivity index (χ2v) is 8.65. The molecule has 1 saturated heterocycles. The first kappa shape index (κ1) is 19.0. The minimum absolute atomic E-state index is 0.301. The second kappa shape index (κ2) is 8.31. The summed E-state index contributed by atoms with van der Waals surface area (Å²) in [6.07, 6.45) is 0. The standard InChI is InChI=1S/C20H26N2O3S/c1-16-7-8-20(13-17(16)2)26(23,24)21-14-18-5-3-4-6-19(18)15-22-9-11-25-12-10-22/h3-8,13,21H,9-12,14-15H2,1-2H3/p+1. The molecule has 0 aromatic heterocycles. The summed E-state index contributed by atoms with van der Waals surface area (Å²) >= 11 is 0. The molecule has 0 bridgehead atoms. The van der Waals surface area contributed by atoms with Crippen LogP contribution in [0.3, 0.4) is 0 Å². The topological polar surface area (TPSA) is 59.8 Å². The number of quaternary nitrogens is 1. The number of ether oxygens (including phenoxy) is 1. The molecule has 140 valence electrons. The minimum atomic E-state index is -3.52. The summed E-state index contributed by atoms with van der Waals surface area (Å²) in [7, 11) is -3.52. The van der Waals surface area contributed by atoms with Gasteiger partial charge in [0, 0.05) is 12.1 Å². The summed E-state index contributed by atoms with van der Waals surface area (Å²) in [4.78, 5) is 1.79. The number of morpholine rings is 1. The van der Waals surface area contributed by atoms with Crippen molar-refractivity contribution in [1.29, 1.82) is 0 Å². The van der Waals surface area contributed by atoms with Crippen molar-refractivity contribution in [2.45, 2.75) is 31.8 Å². The third-order valence-corrected chi connectivity index (χ3v) is 6.40. The van der Waals surface area contributed by atoms with Crippen LogP contribution in [0, 0.1) is 13.8 Å². The molecule has 1 fully saturated rings. The Balaban J connectivity index is 1.71. The third kappa shape index (κ3) is 4.71. The van der Waals surface area contributed by atoms with Crippen molar-refractivity contribution >= 4 is 10.0 Å². The van der Waals surface area contributed by atoms with Crippen LogP contribution in [0.25, 0.3) is 0 Å². The predicted octanol–water partition coefficient (Wildman–Crippen LogP) is 1.20. The lowest BCUT2D eigenvalue weighted by molar-refractivity contribution is -0.921. The summed E-state index contributed by atoms with van der Waals surface area (Å²) in [6.45, 7) is 8.65. The fourth-order valence-corrected chi connectivity index (χ4v) is 4.24. The molecule has 0 unspecified atom stereocenters. The number of hydrogen-bond donors (Lipinski definition) is 2. The maximum Gasteiger partial charge on any atom is 0.240 e. The molecule has 5 nitrogen and oxygen atoms in total. The first-order valence-electron chi connectivity index (χ1n) is 9.01. The molecule has 0 spiro atoms. The normalized spacial score (nSPS) is 15.9. The second-order valence-electron chi connectivity index (χ2n) is 6.88. The predicted molar refractivity (Wildman–Crippen MR) is 102 cm³/mol. The van der Waals surface area contributed by atoms with Crippen LogP contribution in [0.2, 0.25) is 0 Å². The van der Waals surface area contributed by atoms with Gasteiger partial charge in [0.1, 0.15) is 19.6 Å². The number of benzene rings is 2. The van der Waals surface area contributed by atoms with Crippen LogP contribution < -0.4 is 9.62 Å². The first-order chi connectivity index (χ1) is 12.5. The quantitative estimate of drug-likeness (QED) is 0.798. The lowest BCUT2D eigenvalue weighted by Crippen LogP contribution is -3.12. The van der Waals surface area contributed by atoms with E-state index in [9.17, 15) is 8.42 Å². The van der Waals surface area contributed by atoms with E-state index in [-0.39, 0.29) is 0 Å². The van der Waals surface area contributed by atoms with Crippen LogP contribution in [0.1, 0.15) is 22.3 Å². The van der Waals surface area contributed by atoms with E-state index in [1.807, 2.05) is 38.1 Å². The average Bonchev–Trinajstić information content (AvgIpc) is 2.64. The molecule has 0 radical (unpaired) electrons. The minimum Gasteiger partial charge on any atom is -0.370 e. The van der Waals surface area contributed by atoms with E-state index in [4.69, 9.17) is 4.74 Å². The highest BCUT2D eigenvalue weighted by Crippen LogP contribution is 2.16. The van der Waals surface area contributed by atoms with E-state index in [0.717, 1.165) is 49.5 Å². The molecule has 2 aromatic rings. The number of rotatable bonds is 6. The van der Waals surface area contributed by atoms with Gasteiger partial charge in [0.2, 0.25) is 10.0 Å². The molecule has 1 aliphatic rings. The van der Waals surface area contributed by atoms with Gasteiger partial charge in [-0.25, -0.2) is 13.1 Å². The van der Waals surface area contributed by atoms with Crippen LogP contribution >= 0.6 is 0 Å². The van der Waals surface area contributed by atoms with Gasteiger partial charge in [0.05, 0.1) is 18.1 Å². The summed E-state index contributed by atoms with van der Waals surface area (Å²) in [5, 5.41) is 0. The largest absolute Gasteiger partial charge is 0.370 e. The summed E-state index contributed by atoms with van der Waals surface area (Å²) in [5.74, 6) is 0. The highest BCUT2D eigenvalue weighted by Gasteiger charge is 2.18. The summed E-state index contributed by atoms with van der Waals surface area (Å²) in [5.41, 5.74) is 4.28. The van der Waals surface area contributed by atoms with Gasteiger partial charge < -0.3 is 9.64 Å². The average molecular weight is 376 g/mol. The Hall–Kier alpha value is -1.73. The Labute approximate surface area is 156 Å². The Morgan fingerprint density at radius 2 is 1.69 bits per heavy atom. The van der Waals surface area contributed by atoms with E-state index in [0.29, 0.717) is 11.4 Å². The number of nitrogens with one attached hydrogen (secondary N) is 2. The van der Waals surface area contributed by atoms with Crippen LogP contribution in [0.4, 0.5) is 0 Å². The third-order valence-electron chi connectivity index (χ3n) is 5.00. The van der Waals surface area contributed by atoms with E-state index in [2.05, 4.69) is 10.8 Å².